The van der Waals surface area contributed by atoms with Crippen LogP contribution in [0.4, 0.5) is 0 Å². The van der Waals surface area contributed by atoms with E-state index in [1.807, 2.05) is 31.2 Å². The van der Waals surface area contributed by atoms with E-state index in [-0.39, 0.29) is 5.15 Å². The fraction of sp³-hybridized carbons (Fsp3) is 0.143. The van der Waals surface area contributed by atoms with Crippen molar-refractivity contribution in [3.05, 3.63) is 47.2 Å². The highest BCUT2D eigenvalue weighted by Crippen LogP contribution is 2.28. The molecule has 4 heteroatoms. The molecule has 18 heavy (non-hydrogen) atoms. The van der Waals surface area contributed by atoms with E-state index in [0.717, 1.165) is 16.9 Å². The predicted octanol–water partition coefficient (Wildman–Crippen LogP) is 3.67. The van der Waals surface area contributed by atoms with Crippen LogP contribution in [-0.4, -0.2) is 11.6 Å². The second kappa shape index (κ2) is 5.52. The first-order valence-corrected chi connectivity index (χ1v) is 5.92. The molecule has 1 aromatic heterocycles. The van der Waals surface area contributed by atoms with E-state index in [0.29, 0.717) is 12.2 Å². The van der Waals surface area contributed by atoms with Gasteiger partial charge >= 0.3 is 0 Å². The van der Waals surface area contributed by atoms with Crippen molar-refractivity contribution in [2.75, 3.05) is 6.61 Å². The van der Waals surface area contributed by atoms with Crippen molar-refractivity contribution in [3.8, 4) is 22.9 Å². The molecular weight excluding hydrogens is 248 g/mol. The summed E-state index contributed by atoms with van der Waals surface area (Å²) < 4.78 is 5.37. The number of nitriles is 1. The Morgan fingerprint density at radius 2 is 2.00 bits per heavy atom. The van der Waals surface area contributed by atoms with Crippen molar-refractivity contribution in [3.63, 3.8) is 0 Å². The molecule has 0 atom stereocenters. The largest absolute Gasteiger partial charge is 0.494 e. The summed E-state index contributed by atoms with van der Waals surface area (Å²) in [7, 11) is 0. The molecule has 0 N–H and O–H groups in total. The molecule has 0 fully saturated rings. The molecule has 2 aromatic rings. The van der Waals surface area contributed by atoms with Crippen LogP contribution in [0.1, 0.15) is 12.5 Å². The SMILES string of the molecule is CCOc1ccc(-c2ccnc(Cl)c2C#N)cc1. The zero-order chi connectivity index (χ0) is 13.0. The maximum Gasteiger partial charge on any atom is 0.147 e. The minimum absolute atomic E-state index is 0.226. The monoisotopic (exact) mass is 258 g/mol. The van der Waals surface area contributed by atoms with Crippen molar-refractivity contribution >= 4 is 11.6 Å². The number of pyridine rings is 1. The maximum absolute atomic E-state index is 9.10. The molecule has 0 radical (unpaired) electrons. The Morgan fingerprint density at radius 3 is 2.61 bits per heavy atom. The van der Waals surface area contributed by atoms with Crippen LogP contribution in [0.2, 0.25) is 5.15 Å². The summed E-state index contributed by atoms with van der Waals surface area (Å²) in [6.45, 7) is 2.56. The topological polar surface area (TPSA) is 45.9 Å². The van der Waals surface area contributed by atoms with E-state index < -0.39 is 0 Å². The summed E-state index contributed by atoms with van der Waals surface area (Å²) >= 11 is 5.90. The molecule has 0 aliphatic heterocycles. The molecule has 0 spiro atoms. The van der Waals surface area contributed by atoms with Crippen LogP contribution in [0.15, 0.2) is 36.5 Å². The van der Waals surface area contributed by atoms with Gasteiger partial charge in [0.2, 0.25) is 0 Å². The lowest BCUT2D eigenvalue weighted by Gasteiger charge is -2.07. The van der Waals surface area contributed by atoms with Crippen LogP contribution in [0.5, 0.6) is 5.75 Å². The molecule has 0 saturated carbocycles. The number of halogens is 1. The third kappa shape index (κ3) is 2.44. The molecule has 0 unspecified atom stereocenters. The second-order valence-electron chi connectivity index (χ2n) is 3.59. The van der Waals surface area contributed by atoms with E-state index >= 15 is 0 Å². The number of nitrogens with zero attached hydrogens (tertiary/aromatic N) is 2. The van der Waals surface area contributed by atoms with E-state index in [1.54, 1.807) is 12.3 Å². The molecule has 1 heterocycles. The molecule has 1 aromatic carbocycles. The van der Waals surface area contributed by atoms with Gasteiger partial charge in [0.15, 0.2) is 0 Å². The van der Waals surface area contributed by atoms with E-state index in [1.165, 1.54) is 0 Å². The van der Waals surface area contributed by atoms with E-state index in [2.05, 4.69) is 11.1 Å². The van der Waals surface area contributed by atoms with Crippen LogP contribution in [0.3, 0.4) is 0 Å². The first kappa shape index (κ1) is 12.4. The third-order valence-corrected chi connectivity index (χ3v) is 2.78. The molecule has 2 rings (SSSR count). The van der Waals surface area contributed by atoms with Crippen LogP contribution >= 0.6 is 11.6 Å². The second-order valence-corrected chi connectivity index (χ2v) is 3.95. The van der Waals surface area contributed by atoms with Gasteiger partial charge in [0.1, 0.15) is 17.0 Å². The Kier molecular flexibility index (Phi) is 3.81. The Morgan fingerprint density at radius 1 is 1.28 bits per heavy atom. The smallest absolute Gasteiger partial charge is 0.147 e. The van der Waals surface area contributed by atoms with Crippen molar-refractivity contribution in [2.45, 2.75) is 6.92 Å². The summed E-state index contributed by atoms with van der Waals surface area (Å²) in [5, 5.41) is 9.33. The molecule has 0 bridgehead atoms. The molecule has 90 valence electrons. The summed E-state index contributed by atoms with van der Waals surface area (Å²) in [5.41, 5.74) is 2.09. The van der Waals surface area contributed by atoms with Gasteiger partial charge < -0.3 is 4.74 Å². The Balaban J connectivity index is 2.43. The number of rotatable bonds is 3. The van der Waals surface area contributed by atoms with E-state index in [9.17, 15) is 0 Å². The van der Waals surface area contributed by atoms with Gasteiger partial charge in [-0.15, -0.1) is 0 Å². The molecular formula is C14H11ClN2O. The quantitative estimate of drug-likeness (QED) is 0.789. The number of hydrogen-bond acceptors (Lipinski definition) is 3. The van der Waals surface area contributed by atoms with Gasteiger partial charge in [-0.3, -0.25) is 0 Å². The summed E-state index contributed by atoms with van der Waals surface area (Å²) in [6.07, 6.45) is 1.59. The highest BCUT2D eigenvalue weighted by atomic mass is 35.5. The van der Waals surface area contributed by atoms with Crippen molar-refractivity contribution in [1.29, 1.82) is 5.26 Å². The van der Waals surface area contributed by atoms with Gasteiger partial charge in [0.05, 0.1) is 12.2 Å². The highest BCUT2D eigenvalue weighted by molar-refractivity contribution is 6.30. The highest BCUT2D eigenvalue weighted by Gasteiger charge is 2.09. The van der Waals surface area contributed by atoms with Crippen molar-refractivity contribution in [1.82, 2.24) is 4.98 Å². The molecule has 0 amide bonds. The van der Waals surface area contributed by atoms with Gasteiger partial charge in [-0.1, -0.05) is 23.7 Å². The number of ether oxygens (including phenoxy) is 1. The van der Waals surface area contributed by atoms with Crippen molar-refractivity contribution < 1.29 is 4.74 Å². The van der Waals surface area contributed by atoms with Crippen LogP contribution in [0.25, 0.3) is 11.1 Å². The zero-order valence-electron chi connectivity index (χ0n) is 9.85. The summed E-state index contributed by atoms with van der Waals surface area (Å²) in [5.74, 6) is 0.805. The van der Waals surface area contributed by atoms with Crippen LogP contribution < -0.4 is 4.74 Å². The normalized spacial score (nSPS) is 9.83. The Bertz CT molecular complexity index is 588. The molecule has 0 aliphatic rings. The fourth-order valence-corrected chi connectivity index (χ4v) is 1.88. The Labute approximate surface area is 111 Å². The zero-order valence-corrected chi connectivity index (χ0v) is 10.6. The molecule has 0 saturated heterocycles. The maximum atomic E-state index is 9.10. The lowest BCUT2D eigenvalue weighted by Crippen LogP contribution is -1.92. The van der Waals surface area contributed by atoms with Gasteiger partial charge in [-0.25, -0.2) is 4.98 Å². The van der Waals surface area contributed by atoms with Gasteiger partial charge in [-0.05, 0) is 30.7 Å². The average Bonchev–Trinajstić information content (AvgIpc) is 2.40. The van der Waals surface area contributed by atoms with Gasteiger partial charge in [0.25, 0.3) is 0 Å². The first-order valence-electron chi connectivity index (χ1n) is 5.54. The molecule has 3 nitrogen and oxygen atoms in total. The lowest BCUT2D eigenvalue weighted by atomic mass is 10.0. The fourth-order valence-electron chi connectivity index (χ4n) is 1.68. The van der Waals surface area contributed by atoms with Crippen LogP contribution in [-0.2, 0) is 0 Å². The molecule has 0 aliphatic carbocycles. The summed E-state index contributed by atoms with van der Waals surface area (Å²) in [6, 6.07) is 11.4. The third-order valence-electron chi connectivity index (χ3n) is 2.49. The van der Waals surface area contributed by atoms with Crippen molar-refractivity contribution in [2.24, 2.45) is 0 Å². The standard InChI is InChI=1S/C14H11ClN2O/c1-2-18-11-5-3-10(4-6-11)12-7-8-17-14(15)13(12)9-16/h3-8H,2H2,1H3. The van der Waals surface area contributed by atoms with E-state index in [4.69, 9.17) is 21.6 Å². The average molecular weight is 259 g/mol. The predicted molar refractivity (Wildman–Crippen MR) is 70.6 cm³/mol. The van der Waals surface area contributed by atoms with Gasteiger partial charge in [0, 0.05) is 11.8 Å². The Hall–Kier alpha value is -2.05. The first-order chi connectivity index (χ1) is 8.76. The summed E-state index contributed by atoms with van der Waals surface area (Å²) in [4.78, 5) is 3.90. The minimum Gasteiger partial charge on any atom is -0.494 e. The number of hydrogen-bond donors (Lipinski definition) is 0. The van der Waals surface area contributed by atoms with Gasteiger partial charge in [-0.2, -0.15) is 5.26 Å². The van der Waals surface area contributed by atoms with Crippen LogP contribution in [0, 0.1) is 11.3 Å². The number of benzene rings is 1. The lowest BCUT2D eigenvalue weighted by molar-refractivity contribution is 0.340. The minimum atomic E-state index is 0.226. The number of aromatic nitrogens is 1.